The van der Waals surface area contributed by atoms with Crippen molar-refractivity contribution in [1.29, 1.82) is 0 Å². The Bertz CT molecular complexity index is 562. The van der Waals surface area contributed by atoms with E-state index in [1.807, 2.05) is 0 Å². The lowest BCUT2D eigenvalue weighted by atomic mass is 9.97. The molecule has 0 aliphatic heterocycles. The summed E-state index contributed by atoms with van der Waals surface area (Å²) in [6.07, 6.45) is 4.77. The van der Waals surface area contributed by atoms with E-state index in [2.05, 4.69) is 10.4 Å². The highest BCUT2D eigenvalue weighted by Crippen LogP contribution is 2.29. The van der Waals surface area contributed by atoms with Gasteiger partial charge in [0.25, 0.3) is 0 Å². The molecule has 1 amide bonds. The zero-order chi connectivity index (χ0) is 15.5. The van der Waals surface area contributed by atoms with E-state index in [9.17, 15) is 24.8 Å². The normalized spacial score (nSPS) is 16.6. The average molecular weight is 296 g/mol. The lowest BCUT2D eigenvalue weighted by molar-refractivity contribution is -0.385. The largest absolute Gasteiger partial charge is 0.480 e. The number of hydrogen-bond acceptors (Lipinski definition) is 5. The minimum Gasteiger partial charge on any atom is -0.480 e. The van der Waals surface area contributed by atoms with Crippen molar-refractivity contribution >= 4 is 17.6 Å². The first-order valence-electron chi connectivity index (χ1n) is 6.64. The summed E-state index contributed by atoms with van der Waals surface area (Å²) in [5.41, 5.74) is -1.30. The summed E-state index contributed by atoms with van der Waals surface area (Å²) in [5, 5.41) is 26.1. The smallest absolute Gasteiger partial charge is 0.329 e. The van der Waals surface area contributed by atoms with E-state index < -0.39 is 22.3 Å². The van der Waals surface area contributed by atoms with Crippen LogP contribution in [-0.2, 0) is 16.1 Å². The summed E-state index contributed by atoms with van der Waals surface area (Å²) in [4.78, 5) is 33.1. The predicted molar refractivity (Wildman–Crippen MR) is 70.5 cm³/mol. The van der Waals surface area contributed by atoms with Crippen LogP contribution in [0.4, 0.5) is 5.69 Å². The molecule has 1 aliphatic rings. The summed E-state index contributed by atoms with van der Waals surface area (Å²) in [5.74, 6) is -1.40. The summed E-state index contributed by atoms with van der Waals surface area (Å²) >= 11 is 0. The van der Waals surface area contributed by atoms with Gasteiger partial charge in [0.1, 0.15) is 17.9 Å². The molecule has 2 rings (SSSR count). The molecule has 1 saturated carbocycles. The Morgan fingerprint density at radius 2 is 2.14 bits per heavy atom. The standard InChI is InChI=1S/C12H16N4O5/c17-10(14-12(11(18)19)4-1-2-5-12)3-6-15-8-9(7-13-15)16(20)21/h7-8H,1-6H2,(H,14,17)(H,18,19). The van der Waals surface area contributed by atoms with E-state index in [4.69, 9.17) is 0 Å². The first-order chi connectivity index (χ1) is 9.93. The van der Waals surface area contributed by atoms with Gasteiger partial charge in [0.2, 0.25) is 5.91 Å². The fraction of sp³-hybridized carbons (Fsp3) is 0.583. The second-order valence-electron chi connectivity index (χ2n) is 5.11. The van der Waals surface area contributed by atoms with Crippen molar-refractivity contribution in [1.82, 2.24) is 15.1 Å². The molecule has 0 aromatic carbocycles. The fourth-order valence-electron chi connectivity index (χ4n) is 2.49. The maximum atomic E-state index is 11.9. The Morgan fingerprint density at radius 3 is 2.67 bits per heavy atom. The van der Waals surface area contributed by atoms with E-state index in [1.54, 1.807) is 0 Å². The van der Waals surface area contributed by atoms with E-state index in [-0.39, 0.29) is 18.7 Å². The molecule has 21 heavy (non-hydrogen) atoms. The van der Waals surface area contributed by atoms with Crippen LogP contribution in [0.1, 0.15) is 32.1 Å². The second-order valence-corrected chi connectivity index (χ2v) is 5.11. The molecule has 1 fully saturated rings. The van der Waals surface area contributed by atoms with E-state index in [1.165, 1.54) is 10.9 Å². The van der Waals surface area contributed by atoms with Crippen molar-refractivity contribution in [3.05, 3.63) is 22.5 Å². The monoisotopic (exact) mass is 296 g/mol. The fourth-order valence-corrected chi connectivity index (χ4v) is 2.49. The number of amides is 1. The van der Waals surface area contributed by atoms with Gasteiger partial charge in [-0.05, 0) is 12.8 Å². The van der Waals surface area contributed by atoms with E-state index >= 15 is 0 Å². The lowest BCUT2D eigenvalue weighted by Gasteiger charge is -2.25. The number of nitro groups is 1. The van der Waals surface area contributed by atoms with Crippen LogP contribution in [0.2, 0.25) is 0 Å². The zero-order valence-corrected chi connectivity index (χ0v) is 11.3. The number of carboxylic acids is 1. The molecule has 0 spiro atoms. The molecular formula is C12H16N4O5. The van der Waals surface area contributed by atoms with Crippen LogP contribution in [-0.4, -0.2) is 37.2 Å². The number of carbonyl (C=O) groups excluding carboxylic acids is 1. The molecule has 0 unspecified atom stereocenters. The van der Waals surface area contributed by atoms with Crippen molar-refractivity contribution in [3.8, 4) is 0 Å². The van der Waals surface area contributed by atoms with Gasteiger partial charge in [-0.15, -0.1) is 0 Å². The van der Waals surface area contributed by atoms with Gasteiger partial charge in [0.05, 0.1) is 4.92 Å². The molecule has 1 aliphatic carbocycles. The third kappa shape index (κ3) is 3.36. The average Bonchev–Trinajstić information content (AvgIpc) is 3.05. The van der Waals surface area contributed by atoms with Crippen molar-refractivity contribution in [2.75, 3.05) is 0 Å². The summed E-state index contributed by atoms with van der Waals surface area (Å²) in [6, 6.07) is 0. The van der Waals surface area contributed by atoms with Gasteiger partial charge < -0.3 is 10.4 Å². The lowest BCUT2D eigenvalue weighted by Crippen LogP contribution is -2.52. The van der Waals surface area contributed by atoms with E-state index in [0.29, 0.717) is 12.8 Å². The van der Waals surface area contributed by atoms with Crippen molar-refractivity contribution < 1.29 is 19.6 Å². The first-order valence-corrected chi connectivity index (χ1v) is 6.64. The Morgan fingerprint density at radius 1 is 1.48 bits per heavy atom. The quantitative estimate of drug-likeness (QED) is 0.587. The highest BCUT2D eigenvalue weighted by atomic mass is 16.6. The van der Waals surface area contributed by atoms with Gasteiger partial charge in [-0.1, -0.05) is 12.8 Å². The number of carbonyl (C=O) groups is 2. The van der Waals surface area contributed by atoms with Crippen molar-refractivity contribution in [2.24, 2.45) is 0 Å². The molecule has 0 atom stereocenters. The van der Waals surface area contributed by atoms with Gasteiger partial charge in [-0.3, -0.25) is 19.6 Å². The van der Waals surface area contributed by atoms with Crippen LogP contribution in [0.5, 0.6) is 0 Å². The molecule has 114 valence electrons. The Kier molecular flexibility index (Phi) is 4.20. The summed E-state index contributed by atoms with van der Waals surface area (Å²) in [7, 11) is 0. The Labute approximate surface area is 120 Å². The van der Waals surface area contributed by atoms with Gasteiger partial charge in [-0.2, -0.15) is 5.10 Å². The Hall–Kier alpha value is -2.45. The number of rotatable bonds is 6. The maximum absolute atomic E-state index is 11.9. The van der Waals surface area contributed by atoms with Crippen molar-refractivity contribution in [2.45, 2.75) is 44.2 Å². The highest BCUT2D eigenvalue weighted by Gasteiger charge is 2.42. The number of nitrogens with zero attached hydrogens (tertiary/aromatic N) is 3. The van der Waals surface area contributed by atoms with Crippen LogP contribution in [0.25, 0.3) is 0 Å². The van der Waals surface area contributed by atoms with E-state index in [0.717, 1.165) is 19.0 Å². The predicted octanol–water partition coefficient (Wildman–Crippen LogP) is 0.695. The van der Waals surface area contributed by atoms with Crippen LogP contribution >= 0.6 is 0 Å². The molecule has 2 N–H and O–H groups in total. The topological polar surface area (TPSA) is 127 Å². The minimum absolute atomic E-state index is 0.0217. The van der Waals surface area contributed by atoms with Crippen LogP contribution in [0.3, 0.4) is 0 Å². The molecule has 0 bridgehead atoms. The molecule has 0 saturated heterocycles. The molecule has 1 aromatic rings. The third-order valence-electron chi connectivity index (χ3n) is 3.64. The SMILES string of the molecule is O=C(CCn1cc([N+](=O)[O-])cn1)NC1(C(=O)O)CCCC1. The van der Waals surface area contributed by atoms with Crippen LogP contribution in [0.15, 0.2) is 12.4 Å². The Balaban J connectivity index is 1.89. The van der Waals surface area contributed by atoms with Crippen LogP contribution in [0, 0.1) is 10.1 Å². The molecule has 1 aromatic heterocycles. The number of aryl methyl sites for hydroxylation is 1. The van der Waals surface area contributed by atoms with Crippen molar-refractivity contribution in [3.63, 3.8) is 0 Å². The summed E-state index contributed by atoms with van der Waals surface area (Å²) < 4.78 is 1.29. The van der Waals surface area contributed by atoms with Crippen LogP contribution < -0.4 is 5.32 Å². The third-order valence-corrected chi connectivity index (χ3v) is 3.64. The van der Waals surface area contributed by atoms with Gasteiger partial charge in [0, 0.05) is 13.0 Å². The maximum Gasteiger partial charge on any atom is 0.329 e. The second kappa shape index (κ2) is 5.90. The number of aromatic nitrogens is 2. The molecule has 9 heteroatoms. The molecule has 1 heterocycles. The number of hydrogen-bond donors (Lipinski definition) is 2. The minimum atomic E-state index is -1.16. The zero-order valence-electron chi connectivity index (χ0n) is 11.3. The van der Waals surface area contributed by atoms with Gasteiger partial charge in [-0.25, -0.2) is 4.79 Å². The van der Waals surface area contributed by atoms with Gasteiger partial charge in [0.15, 0.2) is 0 Å². The summed E-state index contributed by atoms with van der Waals surface area (Å²) in [6.45, 7) is 0.162. The number of nitrogens with one attached hydrogen (secondary N) is 1. The first kappa shape index (κ1) is 14.9. The molecule has 0 radical (unpaired) electrons. The highest BCUT2D eigenvalue weighted by molar-refractivity contribution is 5.87. The number of aliphatic carboxylic acids is 1. The van der Waals surface area contributed by atoms with Gasteiger partial charge >= 0.3 is 11.7 Å². The number of carboxylic acid groups (broad SMARTS) is 1. The molecular weight excluding hydrogens is 280 g/mol. The molecule has 9 nitrogen and oxygen atoms in total.